The number of carbonyl (C=O) groups excluding carboxylic acids is 1. The highest BCUT2D eigenvalue weighted by Crippen LogP contribution is 2.30. The molecule has 0 aliphatic heterocycles. The third-order valence-corrected chi connectivity index (χ3v) is 3.97. The first-order chi connectivity index (χ1) is 12.2. The molecular formula is C19H21F3N2O2. The molecule has 2 rings (SSSR count). The number of carbonyl (C=O) groups is 1. The van der Waals surface area contributed by atoms with Crippen LogP contribution in [0.2, 0.25) is 0 Å². The molecule has 0 heterocycles. The van der Waals surface area contributed by atoms with Crippen molar-refractivity contribution in [2.75, 3.05) is 12.4 Å². The molecule has 0 aliphatic carbocycles. The molecule has 2 N–H and O–H groups in total. The van der Waals surface area contributed by atoms with Crippen LogP contribution < -0.4 is 15.4 Å². The van der Waals surface area contributed by atoms with Gasteiger partial charge in [-0.3, -0.25) is 10.1 Å². The summed E-state index contributed by atoms with van der Waals surface area (Å²) in [5.74, 6) is 0.215. The van der Waals surface area contributed by atoms with Gasteiger partial charge in [-0.2, -0.15) is 13.2 Å². The maximum absolute atomic E-state index is 12.8. The van der Waals surface area contributed by atoms with Crippen LogP contribution in [0.4, 0.5) is 18.9 Å². The van der Waals surface area contributed by atoms with Crippen molar-refractivity contribution in [3.05, 3.63) is 59.7 Å². The van der Waals surface area contributed by atoms with Crippen LogP contribution in [0.15, 0.2) is 48.5 Å². The Kier molecular flexibility index (Phi) is 6.26. The van der Waals surface area contributed by atoms with Gasteiger partial charge in [0.2, 0.25) is 5.91 Å². The zero-order valence-electron chi connectivity index (χ0n) is 14.7. The smallest absolute Gasteiger partial charge is 0.416 e. The quantitative estimate of drug-likeness (QED) is 0.797. The molecule has 2 atom stereocenters. The van der Waals surface area contributed by atoms with E-state index in [0.29, 0.717) is 17.0 Å². The lowest BCUT2D eigenvalue weighted by molar-refractivity contribution is -0.137. The summed E-state index contributed by atoms with van der Waals surface area (Å²) in [4.78, 5) is 12.4. The van der Waals surface area contributed by atoms with Crippen LogP contribution in [0.25, 0.3) is 0 Å². The van der Waals surface area contributed by atoms with E-state index >= 15 is 0 Å². The Labute approximate surface area is 150 Å². The summed E-state index contributed by atoms with van der Waals surface area (Å²) in [6.07, 6.45) is -4.40. The Bertz CT molecular complexity index is 762. The zero-order valence-corrected chi connectivity index (χ0v) is 14.7. The number of amides is 1. The van der Waals surface area contributed by atoms with E-state index in [-0.39, 0.29) is 5.91 Å². The second-order valence-electron chi connectivity index (χ2n) is 5.92. The van der Waals surface area contributed by atoms with E-state index in [2.05, 4.69) is 10.6 Å². The second-order valence-corrected chi connectivity index (χ2v) is 5.92. The molecule has 7 heteroatoms. The van der Waals surface area contributed by atoms with Crippen LogP contribution in [-0.2, 0) is 11.0 Å². The summed E-state index contributed by atoms with van der Waals surface area (Å²) in [6, 6.07) is 11.0. The van der Waals surface area contributed by atoms with Gasteiger partial charge >= 0.3 is 6.18 Å². The van der Waals surface area contributed by atoms with Crippen LogP contribution in [0.1, 0.15) is 31.0 Å². The van der Waals surface area contributed by atoms with Crippen molar-refractivity contribution in [3.63, 3.8) is 0 Å². The molecule has 0 radical (unpaired) electrons. The summed E-state index contributed by atoms with van der Waals surface area (Å²) >= 11 is 0. The van der Waals surface area contributed by atoms with Gasteiger partial charge in [0.25, 0.3) is 0 Å². The van der Waals surface area contributed by atoms with Crippen molar-refractivity contribution < 1.29 is 22.7 Å². The Hall–Kier alpha value is -2.54. The number of methoxy groups -OCH3 is 1. The van der Waals surface area contributed by atoms with E-state index in [1.807, 2.05) is 0 Å². The van der Waals surface area contributed by atoms with Crippen molar-refractivity contribution in [2.24, 2.45) is 0 Å². The third kappa shape index (κ3) is 4.98. The highest BCUT2D eigenvalue weighted by molar-refractivity contribution is 5.95. The molecule has 4 nitrogen and oxygen atoms in total. The Morgan fingerprint density at radius 2 is 1.77 bits per heavy atom. The summed E-state index contributed by atoms with van der Waals surface area (Å²) in [5.41, 5.74) is 0.270. The molecule has 140 valence electrons. The predicted molar refractivity (Wildman–Crippen MR) is 94.1 cm³/mol. The predicted octanol–water partition coefficient (Wildman–Crippen LogP) is 4.39. The van der Waals surface area contributed by atoms with Crippen LogP contribution in [0.3, 0.4) is 0 Å². The fraction of sp³-hybridized carbons (Fsp3) is 0.316. The van der Waals surface area contributed by atoms with Crippen LogP contribution >= 0.6 is 0 Å². The maximum Gasteiger partial charge on any atom is 0.416 e. The van der Waals surface area contributed by atoms with Gasteiger partial charge in [0.1, 0.15) is 5.75 Å². The van der Waals surface area contributed by atoms with Crippen molar-refractivity contribution in [1.82, 2.24) is 5.32 Å². The van der Waals surface area contributed by atoms with Crippen molar-refractivity contribution >= 4 is 11.6 Å². The molecule has 1 amide bonds. The van der Waals surface area contributed by atoms with Gasteiger partial charge in [0.15, 0.2) is 0 Å². The number of alkyl halides is 3. The van der Waals surface area contributed by atoms with Crippen molar-refractivity contribution in [3.8, 4) is 5.75 Å². The normalized spacial score (nSPS) is 13.8. The monoisotopic (exact) mass is 366 g/mol. The molecule has 0 saturated carbocycles. The minimum Gasteiger partial charge on any atom is -0.495 e. The number of para-hydroxylation sites is 2. The lowest BCUT2D eigenvalue weighted by Crippen LogP contribution is -2.39. The van der Waals surface area contributed by atoms with E-state index in [1.165, 1.54) is 13.2 Å². The van der Waals surface area contributed by atoms with Gasteiger partial charge < -0.3 is 10.1 Å². The fourth-order valence-corrected chi connectivity index (χ4v) is 2.52. The van der Waals surface area contributed by atoms with Crippen LogP contribution in [0, 0.1) is 0 Å². The first kappa shape index (κ1) is 19.8. The first-order valence-corrected chi connectivity index (χ1v) is 8.09. The summed E-state index contributed by atoms with van der Waals surface area (Å²) in [5, 5.41) is 5.76. The number of benzene rings is 2. The minimum atomic E-state index is -4.40. The van der Waals surface area contributed by atoms with Gasteiger partial charge in [-0.05, 0) is 43.7 Å². The molecular weight excluding hydrogens is 345 g/mol. The average molecular weight is 366 g/mol. The standard InChI is InChI=1S/C19H21F3N2O2/c1-12(14-7-6-8-15(11-14)19(20,21)22)23-13(2)18(25)24-16-9-4-5-10-17(16)26-3/h4-13,23H,1-3H3,(H,24,25)/t12-,13+/m1/s1. The molecule has 26 heavy (non-hydrogen) atoms. The lowest BCUT2D eigenvalue weighted by atomic mass is 10.0. The lowest BCUT2D eigenvalue weighted by Gasteiger charge is -2.21. The summed E-state index contributed by atoms with van der Waals surface area (Å²) in [7, 11) is 1.50. The number of hydrogen-bond donors (Lipinski definition) is 2. The molecule has 2 aromatic carbocycles. The van der Waals surface area contributed by atoms with Crippen LogP contribution in [0.5, 0.6) is 5.75 Å². The van der Waals surface area contributed by atoms with Gasteiger partial charge in [-0.25, -0.2) is 0 Å². The SMILES string of the molecule is COc1ccccc1NC(=O)[C@H](C)N[C@H](C)c1cccc(C(F)(F)F)c1. The topological polar surface area (TPSA) is 50.4 Å². The van der Waals surface area contributed by atoms with E-state index in [1.54, 1.807) is 44.2 Å². The first-order valence-electron chi connectivity index (χ1n) is 8.09. The number of rotatable bonds is 6. The summed E-state index contributed by atoms with van der Waals surface area (Å²) < 4.78 is 43.7. The van der Waals surface area contributed by atoms with E-state index in [0.717, 1.165) is 12.1 Å². The molecule has 0 aliphatic rings. The highest BCUT2D eigenvalue weighted by Gasteiger charge is 2.30. The van der Waals surface area contributed by atoms with Gasteiger partial charge in [-0.1, -0.05) is 24.3 Å². The Morgan fingerprint density at radius 1 is 1.08 bits per heavy atom. The molecule has 2 aromatic rings. The molecule has 0 fully saturated rings. The molecule has 0 bridgehead atoms. The average Bonchev–Trinajstić information content (AvgIpc) is 2.61. The van der Waals surface area contributed by atoms with Crippen molar-refractivity contribution in [2.45, 2.75) is 32.1 Å². The number of hydrogen-bond acceptors (Lipinski definition) is 3. The van der Waals surface area contributed by atoms with Crippen LogP contribution in [-0.4, -0.2) is 19.1 Å². The number of halogens is 3. The number of anilines is 1. The molecule has 0 aromatic heterocycles. The fourth-order valence-electron chi connectivity index (χ4n) is 2.52. The molecule has 0 spiro atoms. The number of ether oxygens (including phenoxy) is 1. The van der Waals surface area contributed by atoms with E-state index in [4.69, 9.17) is 4.74 Å². The van der Waals surface area contributed by atoms with Crippen molar-refractivity contribution in [1.29, 1.82) is 0 Å². The second kappa shape index (κ2) is 8.23. The van der Waals surface area contributed by atoms with Gasteiger partial charge in [0.05, 0.1) is 24.4 Å². The zero-order chi connectivity index (χ0) is 19.3. The minimum absolute atomic E-state index is 0.312. The third-order valence-electron chi connectivity index (χ3n) is 3.97. The Morgan fingerprint density at radius 3 is 2.42 bits per heavy atom. The van der Waals surface area contributed by atoms with Gasteiger partial charge in [0, 0.05) is 6.04 Å². The molecule has 0 unspecified atom stereocenters. The molecule has 0 saturated heterocycles. The maximum atomic E-state index is 12.8. The van der Waals surface area contributed by atoms with E-state index in [9.17, 15) is 18.0 Å². The largest absolute Gasteiger partial charge is 0.495 e. The Balaban J connectivity index is 2.04. The number of nitrogens with one attached hydrogen (secondary N) is 2. The van der Waals surface area contributed by atoms with E-state index < -0.39 is 23.8 Å². The summed E-state index contributed by atoms with van der Waals surface area (Å²) in [6.45, 7) is 3.36. The highest BCUT2D eigenvalue weighted by atomic mass is 19.4. The van der Waals surface area contributed by atoms with Gasteiger partial charge in [-0.15, -0.1) is 0 Å².